The van der Waals surface area contributed by atoms with Crippen molar-refractivity contribution in [1.29, 1.82) is 0 Å². The van der Waals surface area contributed by atoms with Gasteiger partial charge in [0.2, 0.25) is 0 Å². The number of hydrogen-bond acceptors (Lipinski definition) is 2. The van der Waals surface area contributed by atoms with E-state index in [1.54, 1.807) is 0 Å². The van der Waals surface area contributed by atoms with Crippen LogP contribution in [-0.4, -0.2) is 47.6 Å². The normalized spacial score (nSPS) is 16.3. The van der Waals surface area contributed by atoms with Crippen molar-refractivity contribution in [2.45, 2.75) is 38.2 Å². The van der Waals surface area contributed by atoms with Gasteiger partial charge >= 0.3 is 12.4 Å². The van der Waals surface area contributed by atoms with Crippen LogP contribution >= 0.6 is 0 Å². The van der Waals surface area contributed by atoms with Gasteiger partial charge in [-0.2, -0.15) is 26.3 Å². The monoisotopic (exact) mass is 326 g/mol. The predicted molar refractivity (Wildman–Crippen MR) is 49.5 cm³/mol. The molecule has 0 saturated heterocycles. The molecule has 0 heterocycles. The van der Waals surface area contributed by atoms with Crippen molar-refractivity contribution < 1.29 is 48.2 Å². The molecule has 1 radical (unpaired) electrons. The van der Waals surface area contributed by atoms with Gasteiger partial charge in [0.15, 0.2) is 5.60 Å². The van der Waals surface area contributed by atoms with E-state index in [-0.39, 0.29) is 29.9 Å². The maximum atomic E-state index is 12.5. The first-order valence-corrected chi connectivity index (χ1v) is 5.03. The number of rotatable bonds is 5. The van der Waals surface area contributed by atoms with Gasteiger partial charge in [-0.15, -0.1) is 0 Å². The Morgan fingerprint density at radius 1 is 0.944 bits per heavy atom. The zero-order valence-electron chi connectivity index (χ0n) is 9.82. The van der Waals surface area contributed by atoms with Gasteiger partial charge in [-0.05, 0) is 13.1 Å². The first-order chi connectivity index (χ1) is 7.45. The van der Waals surface area contributed by atoms with E-state index in [2.05, 4.69) is 0 Å². The van der Waals surface area contributed by atoms with Crippen LogP contribution in [0.15, 0.2) is 0 Å². The van der Waals surface area contributed by atoms with Crippen molar-refractivity contribution in [3.63, 3.8) is 0 Å². The second-order valence-electron chi connectivity index (χ2n) is 3.78. The summed E-state index contributed by atoms with van der Waals surface area (Å²) in [5.41, 5.74) is -3.75. The van der Waals surface area contributed by atoms with Crippen LogP contribution in [0.5, 0.6) is 0 Å². The summed E-state index contributed by atoms with van der Waals surface area (Å²) in [5.74, 6) is 0. The Balaban J connectivity index is 0. The van der Waals surface area contributed by atoms with Crippen molar-refractivity contribution in [3.8, 4) is 0 Å². The SMILES string of the molecule is CCN(CC)CC(O)(CC(F)(F)F)C(F)(F)F.[Co]. The molecule has 18 heavy (non-hydrogen) atoms. The Bertz CT molecular complexity index is 240. The standard InChI is InChI=1S/C9H15F6NO.Co/c1-3-16(4-2)6-7(17,9(13,14)15)5-8(10,11)12;/h17H,3-6H2,1-2H3;. The van der Waals surface area contributed by atoms with E-state index in [9.17, 15) is 31.4 Å². The number of hydrogen-bond donors (Lipinski definition) is 1. The van der Waals surface area contributed by atoms with E-state index in [1.807, 2.05) is 0 Å². The first kappa shape index (κ1) is 20.3. The molecule has 9 heteroatoms. The third-order valence-corrected chi connectivity index (χ3v) is 2.40. The molecule has 0 aromatic rings. The molecule has 0 aliphatic heterocycles. The molecule has 0 amide bonds. The number of nitrogens with zero attached hydrogens (tertiary/aromatic N) is 1. The number of alkyl halides is 6. The third kappa shape index (κ3) is 6.25. The van der Waals surface area contributed by atoms with Gasteiger partial charge in [0.1, 0.15) is 0 Å². The van der Waals surface area contributed by atoms with E-state index >= 15 is 0 Å². The van der Waals surface area contributed by atoms with Gasteiger partial charge < -0.3 is 10.0 Å². The maximum absolute atomic E-state index is 12.5. The van der Waals surface area contributed by atoms with Crippen molar-refractivity contribution in [3.05, 3.63) is 0 Å². The molecule has 0 fully saturated rings. The van der Waals surface area contributed by atoms with E-state index < -0.39 is 30.9 Å². The number of halogens is 6. The summed E-state index contributed by atoms with van der Waals surface area (Å²) in [6, 6.07) is 0. The number of likely N-dealkylation sites (N-methyl/N-ethyl adjacent to an activating group) is 1. The van der Waals surface area contributed by atoms with Gasteiger partial charge in [0.05, 0.1) is 6.42 Å². The Hall–Kier alpha value is 0.00649. The minimum absolute atomic E-state index is 0. The van der Waals surface area contributed by atoms with Crippen molar-refractivity contribution in [2.75, 3.05) is 19.6 Å². The molecule has 0 spiro atoms. The van der Waals surface area contributed by atoms with Crippen molar-refractivity contribution in [2.24, 2.45) is 0 Å². The topological polar surface area (TPSA) is 23.5 Å². The molecule has 0 bridgehead atoms. The molecule has 113 valence electrons. The van der Waals surface area contributed by atoms with Crippen LogP contribution in [0.3, 0.4) is 0 Å². The summed E-state index contributed by atoms with van der Waals surface area (Å²) in [7, 11) is 0. The summed E-state index contributed by atoms with van der Waals surface area (Å²) in [4.78, 5) is 1.10. The molecule has 0 aromatic heterocycles. The smallest absolute Gasteiger partial charge is 0.379 e. The Morgan fingerprint density at radius 2 is 1.33 bits per heavy atom. The summed E-state index contributed by atoms with van der Waals surface area (Å²) in [5, 5.41) is 9.23. The molecule has 1 unspecified atom stereocenters. The van der Waals surface area contributed by atoms with Crippen LogP contribution < -0.4 is 0 Å². The third-order valence-electron chi connectivity index (χ3n) is 2.40. The fraction of sp³-hybridized carbons (Fsp3) is 1.00. The first-order valence-electron chi connectivity index (χ1n) is 5.03. The van der Waals surface area contributed by atoms with Gasteiger partial charge in [-0.1, -0.05) is 13.8 Å². The van der Waals surface area contributed by atoms with Gasteiger partial charge in [-0.3, -0.25) is 0 Å². The maximum Gasteiger partial charge on any atom is 0.418 e. The number of aliphatic hydroxyl groups is 1. The molecule has 0 rings (SSSR count). The average molecular weight is 326 g/mol. The summed E-state index contributed by atoms with van der Waals surface area (Å²) < 4.78 is 73.7. The summed E-state index contributed by atoms with van der Waals surface area (Å²) in [6.07, 6.45) is -12.7. The zero-order valence-corrected chi connectivity index (χ0v) is 10.9. The van der Waals surface area contributed by atoms with E-state index in [0.29, 0.717) is 0 Å². The molecule has 1 atom stereocenters. The van der Waals surface area contributed by atoms with E-state index in [4.69, 9.17) is 0 Å². The van der Waals surface area contributed by atoms with E-state index in [1.165, 1.54) is 13.8 Å². The van der Waals surface area contributed by atoms with Crippen LogP contribution in [-0.2, 0) is 16.8 Å². The average Bonchev–Trinajstić information content (AvgIpc) is 2.09. The minimum Gasteiger partial charge on any atom is -0.379 e. The minimum atomic E-state index is -5.31. The van der Waals surface area contributed by atoms with Crippen molar-refractivity contribution >= 4 is 0 Å². The zero-order chi connectivity index (χ0) is 13.9. The van der Waals surface area contributed by atoms with Crippen LogP contribution in [0.25, 0.3) is 0 Å². The molecular weight excluding hydrogens is 311 g/mol. The van der Waals surface area contributed by atoms with Gasteiger partial charge in [-0.25, -0.2) is 0 Å². The fourth-order valence-electron chi connectivity index (χ4n) is 1.39. The van der Waals surface area contributed by atoms with Gasteiger partial charge in [0.25, 0.3) is 0 Å². The second kappa shape index (κ2) is 6.97. The molecule has 0 aliphatic rings. The van der Waals surface area contributed by atoms with Crippen molar-refractivity contribution in [1.82, 2.24) is 4.90 Å². The van der Waals surface area contributed by atoms with E-state index in [0.717, 1.165) is 4.90 Å². The predicted octanol–water partition coefficient (Wildman–Crippen LogP) is 2.57. The Morgan fingerprint density at radius 3 is 1.56 bits per heavy atom. The molecule has 0 aromatic carbocycles. The quantitative estimate of drug-likeness (QED) is 0.785. The van der Waals surface area contributed by atoms with Crippen LogP contribution in [0.2, 0.25) is 0 Å². The Kier molecular flexibility index (Phi) is 7.87. The fourth-order valence-corrected chi connectivity index (χ4v) is 1.39. The molecule has 2 nitrogen and oxygen atoms in total. The molecular formula is C9H15CoF6NO. The molecule has 1 N–H and O–H groups in total. The van der Waals surface area contributed by atoms with Crippen LogP contribution in [0.1, 0.15) is 20.3 Å². The summed E-state index contributed by atoms with van der Waals surface area (Å²) in [6.45, 7) is 2.20. The second-order valence-corrected chi connectivity index (χ2v) is 3.78. The van der Waals surface area contributed by atoms with Gasteiger partial charge in [0, 0.05) is 23.3 Å². The molecule has 0 saturated carbocycles. The molecule has 0 aliphatic carbocycles. The summed E-state index contributed by atoms with van der Waals surface area (Å²) >= 11 is 0. The largest absolute Gasteiger partial charge is 0.418 e. The Labute approximate surface area is 112 Å². The van der Waals surface area contributed by atoms with Crippen LogP contribution in [0.4, 0.5) is 26.3 Å². The van der Waals surface area contributed by atoms with Crippen LogP contribution in [0, 0.1) is 0 Å².